The standard InChI is InChI=1S/C14H26ClN3O2S/c1-12-9-16-6-3-5-14(16)11-18(12)21(19,20)17-7-2-4-13(8-15)10-17/h12-14H,2-11H2,1H3. The van der Waals surface area contributed by atoms with Crippen molar-refractivity contribution in [1.29, 1.82) is 0 Å². The van der Waals surface area contributed by atoms with Gasteiger partial charge in [-0.15, -0.1) is 11.6 Å². The largest absolute Gasteiger partial charge is 0.297 e. The minimum absolute atomic E-state index is 0.0701. The Morgan fingerprint density at radius 3 is 2.62 bits per heavy atom. The molecule has 3 saturated heterocycles. The Morgan fingerprint density at radius 1 is 1.10 bits per heavy atom. The lowest BCUT2D eigenvalue weighted by Crippen LogP contribution is -2.60. The van der Waals surface area contributed by atoms with Gasteiger partial charge in [0, 0.05) is 44.1 Å². The fourth-order valence-electron chi connectivity index (χ4n) is 3.99. The van der Waals surface area contributed by atoms with Gasteiger partial charge >= 0.3 is 0 Å². The monoisotopic (exact) mass is 335 g/mol. The molecule has 0 bridgehead atoms. The van der Waals surface area contributed by atoms with Crippen LogP contribution in [0.1, 0.15) is 32.6 Å². The van der Waals surface area contributed by atoms with E-state index in [1.807, 2.05) is 6.92 Å². The summed E-state index contributed by atoms with van der Waals surface area (Å²) < 4.78 is 29.4. The van der Waals surface area contributed by atoms with E-state index in [1.54, 1.807) is 8.61 Å². The fraction of sp³-hybridized carbons (Fsp3) is 1.00. The highest BCUT2D eigenvalue weighted by molar-refractivity contribution is 7.86. The maximum atomic E-state index is 13.0. The Morgan fingerprint density at radius 2 is 1.86 bits per heavy atom. The van der Waals surface area contributed by atoms with Gasteiger partial charge in [0.05, 0.1) is 0 Å². The number of piperidine rings is 1. The molecule has 0 aliphatic carbocycles. The fourth-order valence-corrected chi connectivity index (χ4v) is 6.18. The number of alkyl halides is 1. The Hall–Kier alpha value is 0.120. The Kier molecular flexibility index (Phi) is 4.81. The molecule has 0 N–H and O–H groups in total. The maximum Gasteiger partial charge on any atom is 0.282 e. The summed E-state index contributed by atoms with van der Waals surface area (Å²) in [6.45, 7) is 5.93. The molecule has 21 heavy (non-hydrogen) atoms. The van der Waals surface area contributed by atoms with Crippen LogP contribution in [-0.2, 0) is 10.2 Å². The molecule has 0 aromatic heterocycles. The lowest BCUT2D eigenvalue weighted by molar-refractivity contribution is 0.109. The van der Waals surface area contributed by atoms with E-state index in [9.17, 15) is 8.42 Å². The normalized spacial score (nSPS) is 36.8. The van der Waals surface area contributed by atoms with E-state index >= 15 is 0 Å². The predicted octanol–water partition coefficient (Wildman–Crippen LogP) is 1.35. The summed E-state index contributed by atoms with van der Waals surface area (Å²) in [5, 5.41) is 0. The van der Waals surface area contributed by atoms with Gasteiger partial charge in [-0.25, -0.2) is 0 Å². The van der Waals surface area contributed by atoms with E-state index in [2.05, 4.69) is 4.90 Å². The first-order chi connectivity index (χ1) is 10.0. The molecule has 0 aromatic rings. The molecule has 3 fully saturated rings. The van der Waals surface area contributed by atoms with E-state index in [4.69, 9.17) is 11.6 Å². The SMILES string of the molecule is CC1CN2CCCC2CN1S(=O)(=O)N1CCCC(CCl)C1. The minimum atomic E-state index is -3.33. The van der Waals surface area contributed by atoms with Crippen molar-refractivity contribution >= 4 is 21.8 Å². The van der Waals surface area contributed by atoms with Crippen LogP contribution in [-0.4, -0.2) is 72.6 Å². The number of hydrogen-bond acceptors (Lipinski definition) is 3. The third kappa shape index (κ3) is 3.11. The van der Waals surface area contributed by atoms with Crippen LogP contribution in [0.15, 0.2) is 0 Å². The zero-order valence-electron chi connectivity index (χ0n) is 12.7. The van der Waals surface area contributed by atoms with Crippen molar-refractivity contribution in [3.8, 4) is 0 Å². The van der Waals surface area contributed by atoms with Gasteiger partial charge in [-0.1, -0.05) is 0 Å². The highest BCUT2D eigenvalue weighted by atomic mass is 35.5. The topological polar surface area (TPSA) is 43.9 Å². The average molecular weight is 336 g/mol. The van der Waals surface area contributed by atoms with Crippen molar-refractivity contribution < 1.29 is 8.42 Å². The number of rotatable bonds is 3. The van der Waals surface area contributed by atoms with Gasteiger partial charge in [0.1, 0.15) is 0 Å². The van der Waals surface area contributed by atoms with Crippen molar-refractivity contribution in [3.63, 3.8) is 0 Å². The Labute approximate surface area is 133 Å². The summed E-state index contributed by atoms with van der Waals surface area (Å²) in [4.78, 5) is 2.45. The van der Waals surface area contributed by atoms with Crippen molar-refractivity contribution in [1.82, 2.24) is 13.5 Å². The number of nitrogens with zero attached hydrogens (tertiary/aromatic N) is 3. The molecule has 0 aromatic carbocycles. The van der Waals surface area contributed by atoms with Crippen LogP contribution in [0.25, 0.3) is 0 Å². The molecular weight excluding hydrogens is 310 g/mol. The molecule has 0 saturated carbocycles. The van der Waals surface area contributed by atoms with Crippen molar-refractivity contribution in [2.45, 2.75) is 44.7 Å². The molecule has 3 heterocycles. The van der Waals surface area contributed by atoms with Gasteiger partial charge in [-0.05, 0) is 45.1 Å². The first-order valence-corrected chi connectivity index (χ1v) is 10.0. The van der Waals surface area contributed by atoms with E-state index < -0.39 is 10.2 Å². The van der Waals surface area contributed by atoms with E-state index in [1.165, 1.54) is 6.42 Å². The van der Waals surface area contributed by atoms with Gasteiger partial charge in [0.25, 0.3) is 10.2 Å². The van der Waals surface area contributed by atoms with Crippen LogP contribution in [0.2, 0.25) is 0 Å². The lowest BCUT2D eigenvalue weighted by atomic mass is 10.0. The summed E-state index contributed by atoms with van der Waals surface area (Å²) >= 11 is 5.94. The Balaban J connectivity index is 1.74. The van der Waals surface area contributed by atoms with Crippen molar-refractivity contribution in [2.24, 2.45) is 5.92 Å². The van der Waals surface area contributed by atoms with Crippen LogP contribution < -0.4 is 0 Å². The zero-order valence-corrected chi connectivity index (χ0v) is 14.3. The van der Waals surface area contributed by atoms with E-state index in [0.29, 0.717) is 37.5 Å². The second kappa shape index (κ2) is 6.32. The number of piperazine rings is 1. The van der Waals surface area contributed by atoms with Crippen molar-refractivity contribution in [3.05, 3.63) is 0 Å². The van der Waals surface area contributed by atoms with E-state index in [0.717, 1.165) is 32.4 Å². The molecule has 122 valence electrons. The van der Waals surface area contributed by atoms with Gasteiger partial charge in [0.15, 0.2) is 0 Å². The first kappa shape index (κ1) is 16.0. The molecule has 3 aliphatic heterocycles. The van der Waals surface area contributed by atoms with Crippen LogP contribution in [0.4, 0.5) is 0 Å². The lowest BCUT2D eigenvalue weighted by Gasteiger charge is -2.44. The third-order valence-corrected chi connectivity index (χ3v) is 7.73. The average Bonchev–Trinajstić information content (AvgIpc) is 2.93. The molecule has 7 heteroatoms. The Bertz CT molecular complexity index is 473. The smallest absolute Gasteiger partial charge is 0.282 e. The van der Waals surface area contributed by atoms with Gasteiger partial charge < -0.3 is 0 Å². The summed E-state index contributed by atoms with van der Waals surface area (Å²) in [5.41, 5.74) is 0. The second-order valence-electron chi connectivity index (χ2n) is 6.74. The molecule has 0 radical (unpaired) electrons. The summed E-state index contributed by atoms with van der Waals surface area (Å²) in [6, 6.07) is 0.491. The van der Waals surface area contributed by atoms with Crippen LogP contribution >= 0.6 is 11.6 Å². The summed E-state index contributed by atoms with van der Waals surface area (Å²) in [6.07, 6.45) is 4.29. The molecule has 3 unspecified atom stereocenters. The molecule has 0 spiro atoms. The van der Waals surface area contributed by atoms with Crippen LogP contribution in [0.3, 0.4) is 0 Å². The highest BCUT2D eigenvalue weighted by Gasteiger charge is 2.42. The molecule has 3 atom stereocenters. The summed E-state index contributed by atoms with van der Waals surface area (Å²) in [5.74, 6) is 0.857. The first-order valence-electron chi connectivity index (χ1n) is 8.09. The minimum Gasteiger partial charge on any atom is -0.297 e. The maximum absolute atomic E-state index is 13.0. The van der Waals surface area contributed by atoms with Crippen LogP contribution in [0, 0.1) is 5.92 Å². The molecule has 3 aliphatic rings. The second-order valence-corrected chi connectivity index (χ2v) is 8.93. The number of halogens is 1. The molecule has 0 amide bonds. The molecule has 5 nitrogen and oxygen atoms in total. The van der Waals surface area contributed by atoms with Gasteiger partial charge in [-0.2, -0.15) is 17.0 Å². The molecule has 3 rings (SSSR count). The van der Waals surface area contributed by atoms with E-state index in [-0.39, 0.29) is 6.04 Å². The summed E-state index contributed by atoms with van der Waals surface area (Å²) in [7, 11) is -3.33. The number of hydrogen-bond donors (Lipinski definition) is 0. The van der Waals surface area contributed by atoms with Crippen molar-refractivity contribution in [2.75, 3.05) is 38.6 Å². The number of fused-ring (bicyclic) bond motifs is 1. The quantitative estimate of drug-likeness (QED) is 0.731. The molecular formula is C14H26ClN3O2S. The highest BCUT2D eigenvalue weighted by Crippen LogP contribution is 2.29. The zero-order chi connectivity index (χ0) is 15.0. The predicted molar refractivity (Wildman–Crippen MR) is 84.7 cm³/mol. The van der Waals surface area contributed by atoms with Gasteiger partial charge in [0.2, 0.25) is 0 Å². The van der Waals surface area contributed by atoms with Gasteiger partial charge in [-0.3, -0.25) is 4.90 Å². The van der Waals surface area contributed by atoms with Crippen LogP contribution in [0.5, 0.6) is 0 Å². The third-order valence-electron chi connectivity index (χ3n) is 5.20.